The lowest BCUT2D eigenvalue weighted by Crippen LogP contribution is -2.16. The third kappa shape index (κ3) is 1.74. The number of aromatic nitrogens is 3. The average molecular weight is 300 g/mol. The van der Waals surface area contributed by atoms with Gasteiger partial charge in [0.25, 0.3) is 5.91 Å². The number of hydrogen-bond acceptors (Lipinski definition) is 5. The first-order chi connectivity index (χ1) is 11.2. The molecular weight excluding hydrogens is 292 g/mol. The number of benzene rings is 1. The monoisotopic (exact) mass is 300 g/mol. The molecule has 0 fully saturated rings. The Balaban J connectivity index is 2.00. The molecule has 4 rings (SSSR count). The molecular formula is C17H8N4O2. The van der Waals surface area contributed by atoms with Crippen molar-refractivity contribution >= 4 is 11.7 Å². The second-order valence-electron chi connectivity index (χ2n) is 4.99. The molecule has 1 aromatic carbocycles. The lowest BCUT2D eigenvalue weighted by atomic mass is 10.1. The normalized spacial score (nSPS) is 11.7. The number of carbonyl (C=O) groups excluding carboxylic acids is 2. The van der Waals surface area contributed by atoms with Gasteiger partial charge in [-0.1, -0.05) is 30.3 Å². The van der Waals surface area contributed by atoms with Gasteiger partial charge in [0, 0.05) is 17.3 Å². The second kappa shape index (κ2) is 4.71. The minimum Gasteiger partial charge on any atom is -0.288 e. The van der Waals surface area contributed by atoms with E-state index in [0.717, 1.165) is 4.68 Å². The second-order valence-corrected chi connectivity index (χ2v) is 4.99. The number of pyridine rings is 1. The summed E-state index contributed by atoms with van der Waals surface area (Å²) in [5, 5.41) is 13.3. The van der Waals surface area contributed by atoms with Gasteiger partial charge in [-0.2, -0.15) is 15.0 Å². The van der Waals surface area contributed by atoms with E-state index in [9.17, 15) is 14.9 Å². The molecule has 6 nitrogen and oxygen atoms in total. The van der Waals surface area contributed by atoms with E-state index >= 15 is 0 Å². The van der Waals surface area contributed by atoms with Gasteiger partial charge in [0.1, 0.15) is 11.8 Å². The van der Waals surface area contributed by atoms with Gasteiger partial charge >= 0.3 is 0 Å². The van der Waals surface area contributed by atoms with Crippen LogP contribution in [0.5, 0.6) is 0 Å². The van der Waals surface area contributed by atoms with E-state index in [1.165, 1.54) is 6.20 Å². The van der Waals surface area contributed by atoms with Crippen molar-refractivity contribution in [2.24, 2.45) is 0 Å². The molecule has 0 atom stereocenters. The van der Waals surface area contributed by atoms with Crippen LogP contribution in [0.1, 0.15) is 32.1 Å². The van der Waals surface area contributed by atoms with Crippen molar-refractivity contribution in [3.63, 3.8) is 0 Å². The average Bonchev–Trinajstić information content (AvgIpc) is 3.13. The van der Waals surface area contributed by atoms with Crippen LogP contribution in [0, 0.1) is 11.3 Å². The summed E-state index contributed by atoms with van der Waals surface area (Å²) < 4.78 is 1.10. The van der Waals surface area contributed by atoms with Crippen LogP contribution >= 0.6 is 0 Å². The molecule has 23 heavy (non-hydrogen) atoms. The molecule has 0 radical (unpaired) electrons. The molecule has 0 aliphatic heterocycles. The fourth-order valence-electron chi connectivity index (χ4n) is 2.73. The van der Waals surface area contributed by atoms with Crippen molar-refractivity contribution in [3.8, 4) is 17.3 Å². The Kier molecular flexibility index (Phi) is 2.68. The molecule has 3 aromatic rings. The molecule has 1 aliphatic rings. The minimum atomic E-state index is -0.479. The molecule has 0 unspecified atom stereocenters. The Bertz CT molecular complexity index is 1010. The number of hydrogen-bond donors (Lipinski definition) is 0. The van der Waals surface area contributed by atoms with Crippen LogP contribution < -0.4 is 0 Å². The zero-order chi connectivity index (χ0) is 16.0. The highest BCUT2D eigenvalue weighted by atomic mass is 16.2. The lowest BCUT2D eigenvalue weighted by Gasteiger charge is -2.04. The van der Waals surface area contributed by atoms with Gasteiger partial charge in [-0.15, -0.1) is 0 Å². The van der Waals surface area contributed by atoms with Gasteiger partial charge in [-0.25, -0.2) is 0 Å². The van der Waals surface area contributed by atoms with Gasteiger partial charge in [0.05, 0.1) is 11.3 Å². The predicted molar refractivity (Wildman–Crippen MR) is 79.8 cm³/mol. The largest absolute Gasteiger partial charge is 0.297 e. The van der Waals surface area contributed by atoms with E-state index < -0.39 is 5.91 Å². The number of nitrogens with zero attached hydrogens (tertiary/aromatic N) is 4. The molecule has 0 saturated heterocycles. The van der Waals surface area contributed by atoms with Gasteiger partial charge in [0.2, 0.25) is 0 Å². The zero-order valence-corrected chi connectivity index (χ0v) is 11.7. The Morgan fingerprint density at radius 2 is 1.83 bits per heavy atom. The van der Waals surface area contributed by atoms with Crippen LogP contribution in [-0.2, 0) is 0 Å². The fourth-order valence-corrected chi connectivity index (χ4v) is 2.73. The topological polar surface area (TPSA) is 88.6 Å². The van der Waals surface area contributed by atoms with Crippen molar-refractivity contribution in [2.75, 3.05) is 0 Å². The maximum Gasteiger partial charge on any atom is 0.297 e. The summed E-state index contributed by atoms with van der Waals surface area (Å²) in [6.45, 7) is 0. The van der Waals surface area contributed by atoms with E-state index in [1.54, 1.807) is 42.5 Å². The van der Waals surface area contributed by atoms with Gasteiger partial charge < -0.3 is 0 Å². The highest BCUT2D eigenvalue weighted by molar-refractivity contribution is 6.23. The molecule has 0 N–H and O–H groups in total. The quantitative estimate of drug-likeness (QED) is 0.537. The van der Waals surface area contributed by atoms with Crippen LogP contribution in [0.2, 0.25) is 0 Å². The molecule has 0 saturated carbocycles. The van der Waals surface area contributed by atoms with Gasteiger partial charge in [0.15, 0.2) is 11.5 Å². The zero-order valence-electron chi connectivity index (χ0n) is 11.7. The van der Waals surface area contributed by atoms with Crippen molar-refractivity contribution in [1.82, 2.24) is 14.8 Å². The number of rotatable bonds is 1. The van der Waals surface area contributed by atoms with Crippen molar-refractivity contribution < 1.29 is 9.59 Å². The van der Waals surface area contributed by atoms with E-state index in [4.69, 9.17) is 0 Å². The Hall–Kier alpha value is -3.59. The fraction of sp³-hybridized carbons (Fsp3) is 0. The summed E-state index contributed by atoms with van der Waals surface area (Å²) in [5.74, 6) is -0.764. The summed E-state index contributed by atoms with van der Waals surface area (Å²) >= 11 is 0. The first-order valence-corrected chi connectivity index (χ1v) is 6.85. The smallest absolute Gasteiger partial charge is 0.288 e. The molecule has 108 valence electrons. The van der Waals surface area contributed by atoms with Crippen molar-refractivity contribution in [3.05, 3.63) is 71.2 Å². The third-order valence-electron chi connectivity index (χ3n) is 3.72. The molecule has 2 heterocycles. The number of ketones is 1. The summed E-state index contributed by atoms with van der Waals surface area (Å²) in [4.78, 5) is 29.2. The van der Waals surface area contributed by atoms with E-state index in [0.29, 0.717) is 16.8 Å². The van der Waals surface area contributed by atoms with Crippen LogP contribution in [0.25, 0.3) is 11.3 Å². The number of carbonyl (C=O) groups is 2. The summed E-state index contributed by atoms with van der Waals surface area (Å²) in [6, 6.07) is 13.8. The molecule has 0 bridgehead atoms. The van der Waals surface area contributed by atoms with Crippen molar-refractivity contribution in [2.45, 2.75) is 0 Å². The highest BCUT2D eigenvalue weighted by Gasteiger charge is 2.36. The SMILES string of the molecule is N#Cc1nn(C(=O)c2ccccn2)c2c1C(=O)c1ccccc1-2. The Morgan fingerprint density at radius 3 is 2.52 bits per heavy atom. The molecule has 1 aliphatic carbocycles. The van der Waals surface area contributed by atoms with Crippen LogP contribution in [0.3, 0.4) is 0 Å². The molecule has 0 spiro atoms. The van der Waals surface area contributed by atoms with E-state index in [1.807, 2.05) is 6.07 Å². The highest BCUT2D eigenvalue weighted by Crippen LogP contribution is 2.38. The van der Waals surface area contributed by atoms with Crippen LogP contribution in [0.4, 0.5) is 0 Å². The van der Waals surface area contributed by atoms with Crippen molar-refractivity contribution in [1.29, 1.82) is 5.26 Å². The first-order valence-electron chi connectivity index (χ1n) is 6.85. The number of nitriles is 1. The lowest BCUT2D eigenvalue weighted by molar-refractivity contribution is 0.0942. The summed E-state index contributed by atoms with van der Waals surface area (Å²) in [5.41, 5.74) is 1.75. The maximum absolute atomic E-state index is 12.7. The van der Waals surface area contributed by atoms with Gasteiger partial charge in [-0.05, 0) is 12.1 Å². The van der Waals surface area contributed by atoms with Crippen LogP contribution in [-0.4, -0.2) is 26.5 Å². The maximum atomic E-state index is 12.7. The number of fused-ring (bicyclic) bond motifs is 3. The molecule has 6 heteroatoms. The standard InChI is InChI=1S/C17H8N4O2/c18-9-13-14-15(10-5-1-2-6-11(10)16(14)22)21(20-13)17(23)12-7-3-4-8-19-12/h1-8H. The van der Waals surface area contributed by atoms with Gasteiger partial charge in [-0.3, -0.25) is 14.6 Å². The Morgan fingerprint density at radius 1 is 1.09 bits per heavy atom. The third-order valence-corrected chi connectivity index (χ3v) is 3.72. The summed E-state index contributed by atoms with van der Waals surface area (Å²) in [7, 11) is 0. The van der Waals surface area contributed by atoms with Crippen LogP contribution in [0.15, 0.2) is 48.7 Å². The molecule has 0 amide bonds. The summed E-state index contributed by atoms with van der Waals surface area (Å²) in [6.07, 6.45) is 1.50. The minimum absolute atomic E-state index is 0.0505. The predicted octanol–water partition coefficient (Wildman–Crippen LogP) is 2.05. The Labute approximate surface area is 130 Å². The van der Waals surface area contributed by atoms with E-state index in [-0.39, 0.29) is 22.7 Å². The first kappa shape index (κ1) is 13.1. The van der Waals surface area contributed by atoms with E-state index in [2.05, 4.69) is 10.1 Å². The molecule has 2 aromatic heterocycles.